The zero-order valence-corrected chi connectivity index (χ0v) is 7.38. The molecule has 0 fully saturated rings. The van der Waals surface area contributed by atoms with Gasteiger partial charge >= 0.3 is 0 Å². The zero-order chi connectivity index (χ0) is 9.30. The zero-order valence-electron chi connectivity index (χ0n) is 6.63. The third kappa shape index (κ3) is 1.19. The molecule has 0 unspecified atom stereocenters. The summed E-state index contributed by atoms with van der Waals surface area (Å²) in [6, 6.07) is 1.88. The van der Waals surface area contributed by atoms with Crippen molar-refractivity contribution < 1.29 is 4.85 Å². The molecule has 1 rings (SSSR count). The van der Waals surface area contributed by atoms with Gasteiger partial charge in [-0.25, -0.2) is 0 Å². The van der Waals surface area contributed by atoms with E-state index in [1.165, 1.54) is 0 Å². The lowest BCUT2D eigenvalue weighted by atomic mass is 10.1. The van der Waals surface area contributed by atoms with E-state index in [0.29, 0.717) is 16.1 Å². The van der Waals surface area contributed by atoms with Gasteiger partial charge in [0.05, 0.1) is 0 Å². The minimum Gasteiger partial charge on any atom is -0.594 e. The first-order chi connectivity index (χ1) is 5.57. The second kappa shape index (κ2) is 2.95. The molecule has 12 heavy (non-hydrogen) atoms. The summed E-state index contributed by atoms with van der Waals surface area (Å²) in [7, 11) is 0. The van der Waals surface area contributed by atoms with Crippen molar-refractivity contribution in [2.24, 2.45) is 0 Å². The van der Waals surface area contributed by atoms with Gasteiger partial charge in [-0.1, -0.05) is 16.4 Å². The highest BCUT2D eigenvalue weighted by molar-refractivity contribution is 6.30. The Morgan fingerprint density at radius 3 is 2.67 bits per heavy atom. The summed E-state index contributed by atoms with van der Waals surface area (Å²) >= 11 is 5.55. The van der Waals surface area contributed by atoms with Crippen molar-refractivity contribution in [1.82, 2.24) is 5.10 Å². The van der Waals surface area contributed by atoms with Gasteiger partial charge in [0, 0.05) is 17.6 Å². The number of rotatable bonds is 0. The summed E-state index contributed by atoms with van der Waals surface area (Å²) in [4.78, 5) is 0.415. The molecule has 4 nitrogen and oxygen atoms in total. The SMILES string of the molecule is Cc1c(C#N)c(Cl)n[n+]([O-])c1C. The van der Waals surface area contributed by atoms with Crippen LogP contribution >= 0.6 is 11.6 Å². The molecule has 0 atom stereocenters. The molecule has 0 saturated carbocycles. The average Bonchev–Trinajstić information content (AvgIpc) is 2.01. The maximum absolute atomic E-state index is 10.9. The summed E-state index contributed by atoms with van der Waals surface area (Å²) in [5.74, 6) is 0. The smallest absolute Gasteiger partial charge is 0.223 e. The van der Waals surface area contributed by atoms with Gasteiger partial charge in [-0.2, -0.15) is 5.26 Å². The van der Waals surface area contributed by atoms with Gasteiger partial charge < -0.3 is 5.21 Å². The van der Waals surface area contributed by atoms with Crippen molar-refractivity contribution in [3.63, 3.8) is 0 Å². The van der Waals surface area contributed by atoms with Crippen LogP contribution in [-0.2, 0) is 0 Å². The van der Waals surface area contributed by atoms with Crippen LogP contribution in [0.3, 0.4) is 0 Å². The lowest BCUT2D eigenvalue weighted by Gasteiger charge is -2.02. The first kappa shape index (κ1) is 8.75. The Morgan fingerprint density at radius 1 is 1.58 bits per heavy atom. The van der Waals surface area contributed by atoms with Crippen molar-refractivity contribution in [2.75, 3.05) is 0 Å². The number of halogens is 1. The molecule has 0 amide bonds. The van der Waals surface area contributed by atoms with Gasteiger partial charge in [-0.05, 0) is 6.92 Å². The van der Waals surface area contributed by atoms with E-state index in [1.54, 1.807) is 13.8 Å². The molecule has 1 aromatic rings. The van der Waals surface area contributed by atoms with E-state index in [-0.39, 0.29) is 10.7 Å². The van der Waals surface area contributed by atoms with Gasteiger partial charge in [0.1, 0.15) is 11.6 Å². The molecule has 0 saturated heterocycles. The Morgan fingerprint density at radius 2 is 2.17 bits per heavy atom. The van der Waals surface area contributed by atoms with Gasteiger partial charge in [0.2, 0.25) is 10.8 Å². The highest BCUT2D eigenvalue weighted by atomic mass is 35.5. The van der Waals surface area contributed by atoms with E-state index in [4.69, 9.17) is 16.9 Å². The highest BCUT2D eigenvalue weighted by Gasteiger charge is 2.15. The fraction of sp³-hybridized carbons (Fsp3) is 0.286. The first-order valence-corrected chi connectivity index (χ1v) is 3.62. The summed E-state index contributed by atoms with van der Waals surface area (Å²) in [6.07, 6.45) is 0. The van der Waals surface area contributed by atoms with E-state index in [9.17, 15) is 5.21 Å². The van der Waals surface area contributed by atoms with Gasteiger partial charge in [-0.3, -0.25) is 0 Å². The standard InChI is InChI=1S/C7H6ClN3O/c1-4-5(2)11(12)10-7(8)6(4)3-9/h1-2H3. The van der Waals surface area contributed by atoms with Crippen LogP contribution in [0.5, 0.6) is 0 Å². The van der Waals surface area contributed by atoms with E-state index in [2.05, 4.69) is 5.10 Å². The first-order valence-electron chi connectivity index (χ1n) is 3.24. The van der Waals surface area contributed by atoms with E-state index < -0.39 is 0 Å². The Kier molecular flexibility index (Phi) is 2.15. The van der Waals surface area contributed by atoms with Crippen molar-refractivity contribution in [3.05, 3.63) is 27.2 Å². The van der Waals surface area contributed by atoms with Crippen molar-refractivity contribution in [3.8, 4) is 6.07 Å². The summed E-state index contributed by atoms with van der Waals surface area (Å²) < 4.78 is 0. The summed E-state index contributed by atoms with van der Waals surface area (Å²) in [5, 5.41) is 22.9. The lowest BCUT2D eigenvalue weighted by Crippen LogP contribution is -2.36. The quantitative estimate of drug-likeness (QED) is 0.443. The van der Waals surface area contributed by atoms with Crippen LogP contribution in [0.4, 0.5) is 0 Å². The fourth-order valence-corrected chi connectivity index (χ4v) is 1.07. The molecule has 5 heteroatoms. The number of hydrogen-bond donors (Lipinski definition) is 0. The number of nitrogens with zero attached hydrogens (tertiary/aromatic N) is 3. The van der Waals surface area contributed by atoms with Crippen LogP contribution in [0.25, 0.3) is 0 Å². The van der Waals surface area contributed by atoms with Gasteiger partial charge in [0.25, 0.3) is 0 Å². The van der Waals surface area contributed by atoms with Crippen molar-refractivity contribution in [1.29, 1.82) is 5.26 Å². The normalized spacial score (nSPS) is 9.50. The number of aromatic nitrogens is 2. The third-order valence-corrected chi connectivity index (χ3v) is 1.97. The van der Waals surface area contributed by atoms with E-state index in [1.807, 2.05) is 6.07 Å². The average molecular weight is 184 g/mol. The Hall–Kier alpha value is -1.34. The molecule has 0 spiro atoms. The second-order valence-electron chi connectivity index (χ2n) is 2.36. The fourth-order valence-electron chi connectivity index (χ4n) is 0.814. The molecular weight excluding hydrogens is 178 g/mol. The molecule has 0 aliphatic carbocycles. The molecule has 1 heterocycles. The highest BCUT2D eigenvalue weighted by Crippen LogP contribution is 2.15. The van der Waals surface area contributed by atoms with Crippen LogP contribution in [0.15, 0.2) is 0 Å². The van der Waals surface area contributed by atoms with Gasteiger partial charge in [0.15, 0.2) is 0 Å². The number of nitriles is 1. The maximum Gasteiger partial charge on any atom is 0.223 e. The summed E-state index contributed by atoms with van der Waals surface area (Å²) in [5.41, 5.74) is 1.24. The maximum atomic E-state index is 10.9. The topological polar surface area (TPSA) is 63.6 Å². The minimum atomic E-state index is -0.0457. The predicted octanol–water partition coefficient (Wildman–Crippen LogP) is 0.857. The number of hydrogen-bond acceptors (Lipinski definition) is 3. The molecule has 0 aromatic carbocycles. The molecule has 0 bridgehead atoms. The Labute approximate surface area is 74.6 Å². The minimum absolute atomic E-state index is 0.0457. The van der Waals surface area contributed by atoms with Crippen molar-refractivity contribution in [2.45, 2.75) is 13.8 Å². The molecule has 1 aromatic heterocycles. The van der Waals surface area contributed by atoms with Gasteiger partial charge in [-0.15, -0.1) is 0 Å². The molecule has 0 aliphatic heterocycles. The largest absolute Gasteiger partial charge is 0.594 e. The Balaban J connectivity index is 3.54. The second-order valence-corrected chi connectivity index (χ2v) is 2.72. The van der Waals surface area contributed by atoms with Crippen molar-refractivity contribution >= 4 is 11.6 Å². The molecule has 0 N–H and O–H groups in total. The van der Waals surface area contributed by atoms with Crippen LogP contribution in [-0.4, -0.2) is 5.10 Å². The van der Waals surface area contributed by atoms with Crippen LogP contribution in [0.1, 0.15) is 16.8 Å². The molecule has 0 aliphatic rings. The molecule has 0 radical (unpaired) electrons. The molecular formula is C7H6ClN3O. The molecule has 62 valence electrons. The van der Waals surface area contributed by atoms with E-state index in [0.717, 1.165) is 0 Å². The lowest BCUT2D eigenvalue weighted by molar-refractivity contribution is -0.675. The monoisotopic (exact) mass is 183 g/mol. The third-order valence-electron chi connectivity index (χ3n) is 1.70. The van der Waals surface area contributed by atoms with E-state index >= 15 is 0 Å². The predicted molar refractivity (Wildman–Crippen MR) is 42.4 cm³/mol. The summed E-state index contributed by atoms with van der Waals surface area (Å²) in [6.45, 7) is 3.25. The Bertz CT molecular complexity index is 370. The van der Waals surface area contributed by atoms with Crippen LogP contribution in [0, 0.1) is 30.4 Å². The van der Waals surface area contributed by atoms with Crippen LogP contribution < -0.4 is 4.85 Å². The van der Waals surface area contributed by atoms with Crippen LogP contribution in [0.2, 0.25) is 5.15 Å².